The van der Waals surface area contributed by atoms with E-state index in [0.29, 0.717) is 51.3 Å². The third-order valence-corrected chi connectivity index (χ3v) is 7.38. The first-order valence-electron chi connectivity index (χ1n) is 9.05. The maximum absolute atomic E-state index is 12.9. The summed E-state index contributed by atoms with van der Waals surface area (Å²) >= 11 is 0. The van der Waals surface area contributed by atoms with Crippen molar-refractivity contribution < 1.29 is 27.9 Å². The van der Waals surface area contributed by atoms with Gasteiger partial charge >= 0.3 is 5.97 Å². The fourth-order valence-electron chi connectivity index (χ4n) is 3.58. The van der Waals surface area contributed by atoms with Gasteiger partial charge in [-0.25, -0.2) is 13.2 Å². The van der Waals surface area contributed by atoms with Gasteiger partial charge in [0.05, 0.1) is 30.4 Å². The Kier molecular flexibility index (Phi) is 6.13. The van der Waals surface area contributed by atoms with Crippen molar-refractivity contribution in [1.29, 1.82) is 0 Å². The molecule has 0 radical (unpaired) electrons. The number of amides is 1. The molecule has 9 heteroatoms. The molecule has 2 saturated heterocycles. The molecule has 27 heavy (non-hydrogen) atoms. The highest BCUT2D eigenvalue weighted by molar-refractivity contribution is 7.89. The number of likely N-dealkylation sites (tertiary alicyclic amines) is 1. The number of piperidine rings is 1. The van der Waals surface area contributed by atoms with Crippen LogP contribution in [-0.4, -0.2) is 79.2 Å². The van der Waals surface area contributed by atoms with E-state index in [0.717, 1.165) is 0 Å². The predicted octanol–water partition coefficient (Wildman–Crippen LogP) is 0.580. The van der Waals surface area contributed by atoms with Gasteiger partial charge in [0.2, 0.25) is 15.9 Å². The number of hydrogen-bond donors (Lipinski definition) is 1. The first-order valence-corrected chi connectivity index (χ1v) is 10.6. The molecule has 2 aliphatic rings. The molecule has 0 aromatic heterocycles. The lowest BCUT2D eigenvalue weighted by atomic mass is 10.0. The molecule has 1 atom stereocenters. The maximum atomic E-state index is 12.9. The number of ether oxygens (including phenoxy) is 1. The van der Waals surface area contributed by atoms with Gasteiger partial charge in [0.25, 0.3) is 0 Å². The summed E-state index contributed by atoms with van der Waals surface area (Å²) in [5.74, 6) is -1.32. The number of carboxylic acids is 1. The van der Waals surface area contributed by atoms with Crippen LogP contribution in [0.1, 0.15) is 28.8 Å². The summed E-state index contributed by atoms with van der Waals surface area (Å²) in [4.78, 5) is 25.6. The van der Waals surface area contributed by atoms with Gasteiger partial charge in [0.1, 0.15) is 0 Å². The van der Waals surface area contributed by atoms with Gasteiger partial charge < -0.3 is 14.7 Å². The van der Waals surface area contributed by atoms with Crippen molar-refractivity contribution in [2.45, 2.75) is 24.5 Å². The van der Waals surface area contributed by atoms with E-state index in [4.69, 9.17) is 4.74 Å². The Morgan fingerprint density at radius 3 is 2.56 bits per heavy atom. The molecule has 0 saturated carbocycles. The lowest BCUT2D eigenvalue weighted by Crippen LogP contribution is -2.52. The Labute approximate surface area is 158 Å². The second-order valence-electron chi connectivity index (χ2n) is 6.80. The highest BCUT2D eigenvalue weighted by atomic mass is 32.2. The van der Waals surface area contributed by atoms with Crippen molar-refractivity contribution in [2.75, 3.05) is 39.4 Å². The lowest BCUT2D eigenvalue weighted by Gasteiger charge is -2.36. The molecule has 1 amide bonds. The number of benzene rings is 1. The van der Waals surface area contributed by atoms with Crippen LogP contribution in [0.5, 0.6) is 0 Å². The Hall–Kier alpha value is -1.97. The van der Waals surface area contributed by atoms with Crippen LogP contribution in [0.4, 0.5) is 0 Å². The topological polar surface area (TPSA) is 104 Å². The number of carboxylic acid groups (broad SMARTS) is 1. The zero-order chi connectivity index (χ0) is 19.4. The number of carbonyl (C=O) groups excluding carboxylic acids is 1. The van der Waals surface area contributed by atoms with Crippen LogP contribution < -0.4 is 0 Å². The van der Waals surface area contributed by atoms with Crippen LogP contribution in [-0.2, 0) is 26.0 Å². The van der Waals surface area contributed by atoms with E-state index in [9.17, 15) is 23.1 Å². The number of carbonyl (C=O) groups is 2. The molecular formula is C18H24N2O6S. The number of aromatic carboxylic acids is 1. The fourth-order valence-corrected chi connectivity index (χ4v) is 5.49. The molecule has 3 rings (SSSR count). The minimum absolute atomic E-state index is 0.0488. The molecule has 0 aliphatic carbocycles. The molecule has 1 aromatic carbocycles. The third kappa shape index (κ3) is 4.48. The SMILES string of the molecule is O=C(O)c1ccccc1CC(=O)N1CCCC(S(=O)(=O)N2CCOCC2)C1. The molecule has 148 valence electrons. The summed E-state index contributed by atoms with van der Waals surface area (Å²) in [6, 6.07) is 6.39. The monoisotopic (exact) mass is 396 g/mol. The Balaban J connectivity index is 1.69. The van der Waals surface area contributed by atoms with E-state index in [1.807, 2.05) is 0 Å². The first kappa shape index (κ1) is 19.8. The Morgan fingerprint density at radius 1 is 1.15 bits per heavy atom. The van der Waals surface area contributed by atoms with Gasteiger partial charge in [-0.05, 0) is 24.5 Å². The molecule has 1 unspecified atom stereocenters. The van der Waals surface area contributed by atoms with Crippen LogP contribution >= 0.6 is 0 Å². The summed E-state index contributed by atoms with van der Waals surface area (Å²) in [7, 11) is -3.48. The lowest BCUT2D eigenvalue weighted by molar-refractivity contribution is -0.131. The van der Waals surface area contributed by atoms with Gasteiger partial charge in [0.15, 0.2) is 0 Å². The smallest absolute Gasteiger partial charge is 0.335 e. The molecule has 1 N–H and O–H groups in total. The molecule has 1 aromatic rings. The van der Waals surface area contributed by atoms with E-state index in [-0.39, 0.29) is 24.4 Å². The normalized spacial score (nSPS) is 21.8. The summed E-state index contributed by atoms with van der Waals surface area (Å²) in [5.41, 5.74) is 0.536. The molecule has 2 aliphatic heterocycles. The van der Waals surface area contributed by atoms with Crippen molar-refractivity contribution in [1.82, 2.24) is 9.21 Å². The molecule has 2 fully saturated rings. The summed E-state index contributed by atoms with van der Waals surface area (Å²) in [6.07, 6.45) is 1.09. The average Bonchev–Trinajstić information content (AvgIpc) is 2.69. The molecule has 0 spiro atoms. The highest BCUT2D eigenvalue weighted by Gasteiger charge is 2.37. The fraction of sp³-hybridized carbons (Fsp3) is 0.556. The zero-order valence-corrected chi connectivity index (χ0v) is 15.9. The van der Waals surface area contributed by atoms with Crippen molar-refractivity contribution in [3.63, 3.8) is 0 Å². The van der Waals surface area contributed by atoms with Gasteiger partial charge in [-0.1, -0.05) is 18.2 Å². The minimum atomic E-state index is -3.48. The number of sulfonamides is 1. The average molecular weight is 396 g/mol. The van der Waals surface area contributed by atoms with Crippen LogP contribution in [0.2, 0.25) is 0 Å². The van der Waals surface area contributed by atoms with Crippen LogP contribution in [0.15, 0.2) is 24.3 Å². The van der Waals surface area contributed by atoms with Crippen LogP contribution in [0.3, 0.4) is 0 Å². The van der Waals surface area contributed by atoms with Crippen LogP contribution in [0.25, 0.3) is 0 Å². The standard InChI is InChI=1S/C18H24N2O6S/c21-17(12-14-4-1-2-6-16(14)18(22)23)19-7-3-5-15(13-19)27(24,25)20-8-10-26-11-9-20/h1-2,4,6,15H,3,5,7-13H2,(H,22,23). The molecule has 0 bridgehead atoms. The quantitative estimate of drug-likeness (QED) is 0.781. The highest BCUT2D eigenvalue weighted by Crippen LogP contribution is 2.22. The predicted molar refractivity (Wildman–Crippen MR) is 98.0 cm³/mol. The van der Waals surface area contributed by atoms with Gasteiger partial charge in [0, 0.05) is 26.2 Å². The number of rotatable bonds is 5. The van der Waals surface area contributed by atoms with Crippen molar-refractivity contribution in [3.05, 3.63) is 35.4 Å². The Morgan fingerprint density at radius 2 is 1.85 bits per heavy atom. The van der Waals surface area contributed by atoms with Gasteiger partial charge in [-0.2, -0.15) is 4.31 Å². The minimum Gasteiger partial charge on any atom is -0.478 e. The van der Waals surface area contributed by atoms with E-state index in [2.05, 4.69) is 0 Å². The Bertz CT molecular complexity index is 804. The second kappa shape index (κ2) is 8.37. The summed E-state index contributed by atoms with van der Waals surface area (Å²) < 4.78 is 32.4. The van der Waals surface area contributed by atoms with Crippen LogP contribution in [0, 0.1) is 0 Å². The van der Waals surface area contributed by atoms with Crippen molar-refractivity contribution in [3.8, 4) is 0 Å². The first-order chi connectivity index (χ1) is 12.9. The number of nitrogens with zero attached hydrogens (tertiary/aromatic N) is 2. The zero-order valence-electron chi connectivity index (χ0n) is 15.0. The van der Waals surface area contributed by atoms with E-state index in [1.54, 1.807) is 23.1 Å². The van der Waals surface area contributed by atoms with Crippen molar-refractivity contribution >= 4 is 21.9 Å². The van der Waals surface area contributed by atoms with Gasteiger partial charge in [-0.15, -0.1) is 0 Å². The van der Waals surface area contributed by atoms with E-state index >= 15 is 0 Å². The second-order valence-corrected chi connectivity index (χ2v) is 9.01. The number of morpholine rings is 1. The summed E-state index contributed by atoms with van der Waals surface area (Å²) in [5, 5.41) is 8.64. The molecule has 2 heterocycles. The summed E-state index contributed by atoms with van der Waals surface area (Å²) in [6.45, 7) is 2.11. The van der Waals surface area contributed by atoms with E-state index in [1.165, 1.54) is 10.4 Å². The van der Waals surface area contributed by atoms with Gasteiger partial charge in [-0.3, -0.25) is 4.79 Å². The number of hydrogen-bond acceptors (Lipinski definition) is 5. The third-order valence-electron chi connectivity index (χ3n) is 5.07. The largest absolute Gasteiger partial charge is 0.478 e. The van der Waals surface area contributed by atoms with Crippen molar-refractivity contribution in [2.24, 2.45) is 0 Å². The maximum Gasteiger partial charge on any atom is 0.335 e. The van der Waals surface area contributed by atoms with E-state index < -0.39 is 21.2 Å². The molecular weight excluding hydrogens is 372 g/mol. The molecule has 8 nitrogen and oxygen atoms in total.